The Morgan fingerprint density at radius 1 is 1.47 bits per heavy atom. The van der Waals surface area contributed by atoms with Gasteiger partial charge in [-0.25, -0.2) is 0 Å². The smallest absolute Gasteiger partial charge is 0.0190 e. The van der Waals surface area contributed by atoms with Crippen molar-refractivity contribution in [2.45, 2.75) is 39.5 Å². The summed E-state index contributed by atoms with van der Waals surface area (Å²) in [5, 5.41) is 0. The predicted octanol–water partition coefficient (Wildman–Crippen LogP) is 2.40. The molecule has 0 aromatic heterocycles. The van der Waals surface area contributed by atoms with E-state index < -0.39 is 0 Å². The highest BCUT2D eigenvalue weighted by molar-refractivity contribution is 5.04. The second-order valence-corrected chi connectivity index (χ2v) is 4.94. The molecule has 1 heterocycles. The largest absolute Gasteiger partial charge is 0.330 e. The van der Waals surface area contributed by atoms with Crippen LogP contribution in [-0.4, -0.2) is 31.1 Å². The number of hydrogen-bond donors (Lipinski definition) is 1. The normalized spacial score (nSPS) is 20.1. The minimum Gasteiger partial charge on any atom is -0.330 e. The van der Waals surface area contributed by atoms with E-state index in [0.29, 0.717) is 0 Å². The highest BCUT2D eigenvalue weighted by Gasteiger charge is 2.09. The fourth-order valence-corrected chi connectivity index (χ4v) is 2.27. The van der Waals surface area contributed by atoms with Crippen LogP contribution in [-0.2, 0) is 0 Å². The van der Waals surface area contributed by atoms with Gasteiger partial charge in [0.05, 0.1) is 0 Å². The Hall–Kier alpha value is -0.340. The molecule has 2 heteroatoms. The number of hydrogen-bond acceptors (Lipinski definition) is 2. The standard InChI is InChI=1S/C13H26N2/c1-12(7-8-14)5-3-9-15-10-4-6-13(2)11-15/h6,12H,3-5,7-11,14H2,1-2H3. The summed E-state index contributed by atoms with van der Waals surface area (Å²) < 4.78 is 0. The molecule has 1 unspecified atom stereocenters. The minimum atomic E-state index is 0.802. The Labute approximate surface area is 94.5 Å². The van der Waals surface area contributed by atoms with E-state index in [-0.39, 0.29) is 0 Å². The molecule has 1 aliphatic heterocycles. The van der Waals surface area contributed by atoms with E-state index in [0.717, 1.165) is 12.5 Å². The van der Waals surface area contributed by atoms with Crippen LogP contribution in [0.15, 0.2) is 11.6 Å². The Kier molecular flexibility index (Phi) is 5.96. The van der Waals surface area contributed by atoms with E-state index in [2.05, 4.69) is 24.8 Å². The fourth-order valence-electron chi connectivity index (χ4n) is 2.27. The van der Waals surface area contributed by atoms with Crippen LogP contribution in [0.1, 0.15) is 39.5 Å². The summed E-state index contributed by atoms with van der Waals surface area (Å²) in [6.07, 6.45) is 7.45. The zero-order chi connectivity index (χ0) is 11.1. The summed E-state index contributed by atoms with van der Waals surface area (Å²) in [4.78, 5) is 2.57. The highest BCUT2D eigenvalue weighted by atomic mass is 15.1. The summed E-state index contributed by atoms with van der Waals surface area (Å²) >= 11 is 0. The van der Waals surface area contributed by atoms with E-state index in [1.54, 1.807) is 0 Å². The average molecular weight is 210 g/mol. The molecule has 0 amide bonds. The van der Waals surface area contributed by atoms with Crippen LogP contribution in [0.2, 0.25) is 0 Å². The fraction of sp³-hybridized carbons (Fsp3) is 0.846. The third kappa shape index (κ3) is 5.33. The first-order valence-electron chi connectivity index (χ1n) is 6.30. The molecule has 0 spiro atoms. The zero-order valence-electron chi connectivity index (χ0n) is 10.3. The molecule has 0 bridgehead atoms. The van der Waals surface area contributed by atoms with Crippen molar-refractivity contribution in [3.8, 4) is 0 Å². The molecule has 88 valence electrons. The maximum Gasteiger partial charge on any atom is 0.0190 e. The van der Waals surface area contributed by atoms with Crippen LogP contribution in [0.4, 0.5) is 0 Å². The lowest BCUT2D eigenvalue weighted by Gasteiger charge is -2.26. The van der Waals surface area contributed by atoms with Gasteiger partial charge in [-0.15, -0.1) is 0 Å². The molecular formula is C13H26N2. The highest BCUT2D eigenvalue weighted by Crippen LogP contribution is 2.13. The Bertz CT molecular complexity index is 199. The third-order valence-electron chi connectivity index (χ3n) is 3.24. The molecule has 0 aromatic rings. The lowest BCUT2D eigenvalue weighted by Crippen LogP contribution is -2.30. The summed E-state index contributed by atoms with van der Waals surface area (Å²) in [5.41, 5.74) is 7.08. The van der Waals surface area contributed by atoms with Crippen LogP contribution in [0.5, 0.6) is 0 Å². The van der Waals surface area contributed by atoms with Crippen molar-refractivity contribution in [1.29, 1.82) is 0 Å². The van der Waals surface area contributed by atoms with Gasteiger partial charge in [0, 0.05) is 13.1 Å². The molecule has 0 fully saturated rings. The monoisotopic (exact) mass is 210 g/mol. The van der Waals surface area contributed by atoms with Crippen LogP contribution in [0.3, 0.4) is 0 Å². The summed E-state index contributed by atoms with van der Waals surface area (Å²) in [7, 11) is 0. The summed E-state index contributed by atoms with van der Waals surface area (Å²) in [5.74, 6) is 0.802. The van der Waals surface area contributed by atoms with Crippen LogP contribution >= 0.6 is 0 Å². The van der Waals surface area contributed by atoms with Crippen molar-refractivity contribution >= 4 is 0 Å². The molecule has 2 N–H and O–H groups in total. The van der Waals surface area contributed by atoms with Crippen molar-refractivity contribution in [2.24, 2.45) is 11.7 Å². The third-order valence-corrected chi connectivity index (χ3v) is 3.24. The van der Waals surface area contributed by atoms with Gasteiger partial charge in [0.2, 0.25) is 0 Å². The topological polar surface area (TPSA) is 29.3 Å². The average Bonchev–Trinajstić information content (AvgIpc) is 2.18. The van der Waals surface area contributed by atoms with E-state index >= 15 is 0 Å². The van der Waals surface area contributed by atoms with E-state index in [9.17, 15) is 0 Å². The van der Waals surface area contributed by atoms with Gasteiger partial charge in [-0.05, 0) is 51.6 Å². The summed E-state index contributed by atoms with van der Waals surface area (Å²) in [6, 6.07) is 0. The lowest BCUT2D eigenvalue weighted by atomic mass is 10.0. The van der Waals surface area contributed by atoms with E-state index in [1.165, 1.54) is 50.9 Å². The Balaban J connectivity index is 2.07. The second kappa shape index (κ2) is 7.02. The van der Waals surface area contributed by atoms with Crippen molar-refractivity contribution in [3.63, 3.8) is 0 Å². The van der Waals surface area contributed by atoms with Gasteiger partial charge in [0.25, 0.3) is 0 Å². The van der Waals surface area contributed by atoms with Gasteiger partial charge in [-0.3, -0.25) is 4.90 Å². The molecule has 1 aliphatic rings. The molecular weight excluding hydrogens is 184 g/mol. The molecule has 0 saturated heterocycles. The first kappa shape index (κ1) is 12.7. The van der Waals surface area contributed by atoms with Gasteiger partial charge < -0.3 is 5.73 Å². The molecule has 0 radical (unpaired) electrons. The number of rotatable bonds is 6. The minimum absolute atomic E-state index is 0.802. The molecule has 15 heavy (non-hydrogen) atoms. The summed E-state index contributed by atoms with van der Waals surface area (Å²) in [6.45, 7) is 9.10. The molecule has 0 aliphatic carbocycles. The Morgan fingerprint density at radius 3 is 2.93 bits per heavy atom. The molecule has 1 rings (SSSR count). The quantitative estimate of drug-likeness (QED) is 0.682. The van der Waals surface area contributed by atoms with Crippen LogP contribution < -0.4 is 5.73 Å². The van der Waals surface area contributed by atoms with Gasteiger partial charge in [-0.1, -0.05) is 18.6 Å². The van der Waals surface area contributed by atoms with E-state index in [4.69, 9.17) is 5.73 Å². The number of nitrogens with zero attached hydrogens (tertiary/aromatic N) is 1. The molecule has 2 nitrogen and oxygen atoms in total. The van der Waals surface area contributed by atoms with Gasteiger partial charge >= 0.3 is 0 Å². The first-order valence-corrected chi connectivity index (χ1v) is 6.30. The maximum atomic E-state index is 5.54. The lowest BCUT2D eigenvalue weighted by molar-refractivity contribution is 0.275. The van der Waals surface area contributed by atoms with Gasteiger partial charge in [-0.2, -0.15) is 0 Å². The van der Waals surface area contributed by atoms with E-state index in [1.807, 2.05) is 0 Å². The van der Waals surface area contributed by atoms with Crippen molar-refractivity contribution in [3.05, 3.63) is 11.6 Å². The SMILES string of the molecule is CC1=CCCN(CCCC(C)CCN)C1. The van der Waals surface area contributed by atoms with Gasteiger partial charge in [0.1, 0.15) is 0 Å². The van der Waals surface area contributed by atoms with Crippen molar-refractivity contribution in [1.82, 2.24) is 4.90 Å². The zero-order valence-corrected chi connectivity index (χ0v) is 10.3. The Morgan fingerprint density at radius 2 is 2.27 bits per heavy atom. The molecule has 0 saturated carbocycles. The van der Waals surface area contributed by atoms with Crippen LogP contribution in [0, 0.1) is 5.92 Å². The maximum absolute atomic E-state index is 5.54. The second-order valence-electron chi connectivity index (χ2n) is 4.94. The van der Waals surface area contributed by atoms with Gasteiger partial charge in [0.15, 0.2) is 0 Å². The number of nitrogens with two attached hydrogens (primary N) is 1. The van der Waals surface area contributed by atoms with Crippen molar-refractivity contribution < 1.29 is 0 Å². The van der Waals surface area contributed by atoms with Crippen molar-refractivity contribution in [2.75, 3.05) is 26.2 Å². The van der Waals surface area contributed by atoms with Crippen LogP contribution in [0.25, 0.3) is 0 Å². The molecule has 0 aromatic carbocycles. The molecule has 1 atom stereocenters. The first-order chi connectivity index (χ1) is 7.22. The predicted molar refractivity (Wildman–Crippen MR) is 66.9 cm³/mol.